The summed E-state index contributed by atoms with van der Waals surface area (Å²) in [7, 11) is 1.80. The van der Waals surface area contributed by atoms with Crippen LogP contribution in [0, 0.1) is 0 Å². The molecule has 0 aliphatic carbocycles. The van der Waals surface area contributed by atoms with Crippen LogP contribution in [0.5, 0.6) is 0 Å². The van der Waals surface area contributed by atoms with Gasteiger partial charge in [-0.2, -0.15) is 0 Å². The van der Waals surface area contributed by atoms with Crippen molar-refractivity contribution >= 4 is 28.3 Å². The monoisotopic (exact) mass is 370 g/mol. The van der Waals surface area contributed by atoms with E-state index >= 15 is 0 Å². The van der Waals surface area contributed by atoms with Crippen LogP contribution in [0.4, 0.5) is 5.00 Å². The number of rotatable bonds is 6. The van der Waals surface area contributed by atoms with Crippen LogP contribution in [0.2, 0.25) is 0 Å². The van der Waals surface area contributed by atoms with Gasteiger partial charge in [0.2, 0.25) is 5.56 Å². The first-order chi connectivity index (χ1) is 12.1. The zero-order valence-electron chi connectivity index (χ0n) is 14.7. The third-order valence-electron chi connectivity index (χ3n) is 4.09. The Morgan fingerprint density at radius 1 is 1.12 bits per heavy atom. The Morgan fingerprint density at radius 3 is 2.64 bits per heavy atom. The maximum Gasteiger partial charge on any atom is 0.250 e. The highest BCUT2D eigenvalue weighted by molar-refractivity contribution is 8.00. The summed E-state index contributed by atoms with van der Waals surface area (Å²) in [6, 6.07) is 14.3. The lowest BCUT2D eigenvalue weighted by atomic mass is 9.99. The second kappa shape index (κ2) is 7.93. The van der Waals surface area contributed by atoms with Gasteiger partial charge in [-0.1, -0.05) is 50.1 Å². The van der Waals surface area contributed by atoms with Crippen molar-refractivity contribution in [2.24, 2.45) is 7.05 Å². The normalized spacial score (nSPS) is 10.8. The largest absolute Gasteiger partial charge is 0.321 e. The van der Waals surface area contributed by atoms with E-state index in [9.17, 15) is 4.79 Å². The molecule has 0 bridgehead atoms. The highest BCUT2D eigenvalue weighted by atomic mass is 32.2. The summed E-state index contributed by atoms with van der Waals surface area (Å²) in [5, 5.41) is 1.14. The fourth-order valence-corrected chi connectivity index (χ4v) is 4.48. The molecule has 0 spiro atoms. The van der Waals surface area contributed by atoms with Crippen LogP contribution in [0.1, 0.15) is 19.4 Å². The molecule has 0 saturated carbocycles. The Kier molecular flexibility index (Phi) is 5.66. The third-order valence-corrected chi connectivity index (χ3v) is 5.95. The van der Waals surface area contributed by atoms with Gasteiger partial charge >= 0.3 is 0 Å². The van der Waals surface area contributed by atoms with Crippen molar-refractivity contribution in [2.75, 3.05) is 10.5 Å². The minimum atomic E-state index is 0.00868. The molecule has 0 fully saturated rings. The first kappa shape index (κ1) is 17.8. The molecule has 3 nitrogen and oxygen atoms in total. The van der Waals surface area contributed by atoms with E-state index in [0.717, 1.165) is 22.7 Å². The second-order valence-corrected chi connectivity index (χ2v) is 7.89. The summed E-state index contributed by atoms with van der Waals surface area (Å²) >= 11 is 3.46. The van der Waals surface area contributed by atoms with E-state index in [0.29, 0.717) is 0 Å². The lowest BCUT2D eigenvalue weighted by Crippen LogP contribution is -2.13. The number of hydrogen-bond donors (Lipinski definition) is 1. The van der Waals surface area contributed by atoms with Crippen LogP contribution < -0.4 is 10.3 Å². The highest BCUT2D eigenvalue weighted by Gasteiger charge is 2.15. The number of benzene rings is 1. The smallest absolute Gasteiger partial charge is 0.250 e. The quantitative estimate of drug-likeness (QED) is 0.588. The fourth-order valence-electron chi connectivity index (χ4n) is 2.80. The van der Waals surface area contributed by atoms with Crippen LogP contribution in [-0.4, -0.2) is 10.3 Å². The molecule has 130 valence electrons. The molecule has 1 aromatic carbocycles. The van der Waals surface area contributed by atoms with Gasteiger partial charge in [-0.15, -0.1) is 11.3 Å². The molecule has 5 heteroatoms. The van der Waals surface area contributed by atoms with Crippen molar-refractivity contribution in [3.8, 4) is 21.6 Å². The summed E-state index contributed by atoms with van der Waals surface area (Å²) in [6.07, 6.45) is 2.91. The van der Waals surface area contributed by atoms with Gasteiger partial charge in [0.1, 0.15) is 0 Å². The number of aryl methyl sites for hydroxylation is 2. The number of nitrogens with one attached hydrogen (secondary N) is 1. The topological polar surface area (TPSA) is 34.0 Å². The highest BCUT2D eigenvalue weighted by Crippen LogP contribution is 2.43. The molecule has 0 unspecified atom stereocenters. The number of hydrogen-bond acceptors (Lipinski definition) is 4. The summed E-state index contributed by atoms with van der Waals surface area (Å²) in [6.45, 7) is 4.32. The molecule has 0 saturated heterocycles. The van der Waals surface area contributed by atoms with Crippen molar-refractivity contribution in [3.05, 3.63) is 64.6 Å². The Hall–Kier alpha value is -1.98. The number of anilines is 1. The van der Waals surface area contributed by atoms with Gasteiger partial charge in [0.15, 0.2) is 0 Å². The van der Waals surface area contributed by atoms with Gasteiger partial charge in [-0.3, -0.25) is 4.79 Å². The molecule has 0 amide bonds. The number of nitrogens with zero attached hydrogens (tertiary/aromatic N) is 1. The molecule has 2 aromatic heterocycles. The molecule has 3 rings (SSSR count). The molecule has 0 aliphatic heterocycles. The number of aromatic nitrogens is 1. The average molecular weight is 371 g/mol. The lowest BCUT2D eigenvalue weighted by Gasteiger charge is -2.09. The predicted molar refractivity (Wildman–Crippen MR) is 112 cm³/mol. The maximum absolute atomic E-state index is 11.8. The summed E-state index contributed by atoms with van der Waals surface area (Å²) < 4.78 is 5.06. The van der Waals surface area contributed by atoms with E-state index in [1.165, 1.54) is 21.6 Å². The van der Waals surface area contributed by atoms with Crippen molar-refractivity contribution in [1.29, 1.82) is 0 Å². The van der Waals surface area contributed by atoms with Crippen LogP contribution >= 0.6 is 23.3 Å². The van der Waals surface area contributed by atoms with Crippen molar-refractivity contribution in [2.45, 2.75) is 20.3 Å². The standard InChI is InChI=1S/C20H22N2OS2/c1-4-14-8-6-7-9-16(14)20-17(12-18(25-20)21-24-5-2)15-10-11-19(23)22(3)13-15/h6-13,21H,4-5H2,1-3H3. The molecule has 25 heavy (non-hydrogen) atoms. The summed E-state index contributed by atoms with van der Waals surface area (Å²) in [4.78, 5) is 13.0. The summed E-state index contributed by atoms with van der Waals surface area (Å²) in [5.74, 6) is 1.01. The average Bonchev–Trinajstić information content (AvgIpc) is 3.06. The van der Waals surface area contributed by atoms with Gasteiger partial charge in [0.25, 0.3) is 0 Å². The SMILES string of the molecule is CCSNc1cc(-c2ccc(=O)n(C)c2)c(-c2ccccc2CC)s1. The number of pyridine rings is 1. The zero-order valence-corrected chi connectivity index (χ0v) is 16.3. The van der Waals surface area contributed by atoms with E-state index < -0.39 is 0 Å². The Labute approximate surface area is 156 Å². The fraction of sp³-hybridized carbons (Fsp3) is 0.250. The van der Waals surface area contributed by atoms with E-state index in [-0.39, 0.29) is 5.56 Å². The van der Waals surface area contributed by atoms with Crippen LogP contribution in [-0.2, 0) is 13.5 Å². The molecule has 1 N–H and O–H groups in total. The van der Waals surface area contributed by atoms with Crippen molar-refractivity contribution < 1.29 is 0 Å². The zero-order chi connectivity index (χ0) is 17.8. The van der Waals surface area contributed by atoms with Crippen molar-refractivity contribution in [3.63, 3.8) is 0 Å². The third kappa shape index (κ3) is 3.83. The molecule has 0 aliphatic rings. The number of thiophene rings is 1. The minimum Gasteiger partial charge on any atom is -0.321 e. The molecular formula is C20H22N2OS2. The molecule has 0 radical (unpaired) electrons. The second-order valence-electron chi connectivity index (χ2n) is 5.77. The van der Waals surface area contributed by atoms with Crippen LogP contribution in [0.3, 0.4) is 0 Å². The van der Waals surface area contributed by atoms with E-state index in [4.69, 9.17) is 0 Å². The predicted octanol–water partition coefficient (Wildman–Crippen LogP) is 5.42. The van der Waals surface area contributed by atoms with Gasteiger partial charge in [0, 0.05) is 35.5 Å². The Morgan fingerprint density at radius 2 is 1.92 bits per heavy atom. The van der Waals surface area contributed by atoms with Gasteiger partial charge in [0.05, 0.1) is 5.00 Å². The first-order valence-electron chi connectivity index (χ1n) is 8.41. The Bertz CT molecular complexity index is 927. The first-order valence-corrected chi connectivity index (χ1v) is 10.2. The van der Waals surface area contributed by atoms with Crippen LogP contribution in [0.25, 0.3) is 21.6 Å². The van der Waals surface area contributed by atoms with Gasteiger partial charge in [-0.05, 0) is 35.2 Å². The lowest BCUT2D eigenvalue weighted by molar-refractivity contribution is 0.862. The van der Waals surface area contributed by atoms with Crippen LogP contribution in [0.15, 0.2) is 53.5 Å². The molecule has 0 atom stereocenters. The van der Waals surface area contributed by atoms with Gasteiger partial charge in [-0.25, -0.2) is 0 Å². The minimum absolute atomic E-state index is 0.00868. The maximum atomic E-state index is 11.8. The van der Waals surface area contributed by atoms with E-state index in [1.54, 1.807) is 41.0 Å². The van der Waals surface area contributed by atoms with E-state index in [2.05, 4.69) is 48.9 Å². The van der Waals surface area contributed by atoms with E-state index in [1.807, 2.05) is 12.3 Å². The summed E-state index contributed by atoms with van der Waals surface area (Å²) in [5.41, 5.74) is 4.85. The molecular weight excluding hydrogens is 348 g/mol. The molecule has 2 heterocycles. The van der Waals surface area contributed by atoms with Gasteiger partial charge < -0.3 is 9.29 Å². The van der Waals surface area contributed by atoms with Crippen molar-refractivity contribution in [1.82, 2.24) is 4.57 Å². The molecule has 3 aromatic rings. The Balaban J connectivity index is 2.17.